The molecule has 0 atom stereocenters. The van der Waals surface area contributed by atoms with Crippen molar-refractivity contribution in [1.82, 2.24) is 9.78 Å². The van der Waals surface area contributed by atoms with E-state index in [1.165, 1.54) is 18.5 Å². The van der Waals surface area contributed by atoms with Crippen molar-refractivity contribution < 1.29 is 4.57 Å². The number of benzene rings is 1. The maximum Gasteiger partial charge on any atom is 0.403 e. The lowest BCUT2D eigenvalue weighted by Gasteiger charge is -2.16. The van der Waals surface area contributed by atoms with E-state index >= 15 is 0 Å². The van der Waals surface area contributed by atoms with Gasteiger partial charge in [0.1, 0.15) is 0 Å². The van der Waals surface area contributed by atoms with Crippen LogP contribution in [0.25, 0.3) is 0 Å². The monoisotopic (exact) mass is 285 g/mol. The Morgan fingerprint density at radius 1 is 1.10 bits per heavy atom. The van der Waals surface area contributed by atoms with E-state index in [0.717, 1.165) is 30.5 Å². The Morgan fingerprint density at radius 2 is 1.76 bits per heavy atom. The molecular weight excluding hydrogens is 264 g/mol. The topological polar surface area (TPSA) is 49.7 Å². The SMILES string of the molecule is Cc1nn(C)c(N=Nc2ccc(N3CCCC3)cc2)[n+]1C. The van der Waals surface area contributed by atoms with Crippen molar-refractivity contribution in [3.63, 3.8) is 0 Å². The molecule has 0 aliphatic carbocycles. The second kappa shape index (κ2) is 5.63. The summed E-state index contributed by atoms with van der Waals surface area (Å²) >= 11 is 0. The van der Waals surface area contributed by atoms with Gasteiger partial charge in [-0.05, 0) is 42.2 Å². The van der Waals surface area contributed by atoms with Crippen LogP contribution in [0.15, 0.2) is 34.5 Å². The number of aromatic nitrogens is 3. The van der Waals surface area contributed by atoms with Crippen LogP contribution in [0.1, 0.15) is 18.7 Å². The van der Waals surface area contributed by atoms with Gasteiger partial charge in [0, 0.05) is 30.8 Å². The van der Waals surface area contributed by atoms with Gasteiger partial charge in [0.05, 0.1) is 19.8 Å². The van der Waals surface area contributed by atoms with Crippen LogP contribution in [0.2, 0.25) is 0 Å². The largest absolute Gasteiger partial charge is 0.403 e. The molecule has 1 aliphatic rings. The predicted molar refractivity (Wildman–Crippen MR) is 81.2 cm³/mol. The number of aryl methyl sites for hydroxylation is 2. The van der Waals surface area contributed by atoms with Crippen LogP contribution in [-0.2, 0) is 14.1 Å². The first-order valence-electron chi connectivity index (χ1n) is 7.31. The first kappa shape index (κ1) is 13.7. The molecule has 0 amide bonds. The molecule has 0 unspecified atom stereocenters. The lowest BCUT2D eigenvalue weighted by molar-refractivity contribution is -0.665. The molecule has 1 aromatic heterocycles. The normalized spacial score (nSPS) is 15.3. The third kappa shape index (κ3) is 2.79. The van der Waals surface area contributed by atoms with Crippen molar-refractivity contribution in [3.05, 3.63) is 30.1 Å². The molecule has 1 aliphatic heterocycles. The average Bonchev–Trinajstić information content (AvgIpc) is 3.09. The fraction of sp³-hybridized carbons (Fsp3) is 0.467. The number of nitrogens with zero attached hydrogens (tertiary/aromatic N) is 6. The Balaban J connectivity index is 1.77. The summed E-state index contributed by atoms with van der Waals surface area (Å²) in [6, 6.07) is 8.27. The molecule has 6 nitrogen and oxygen atoms in total. The van der Waals surface area contributed by atoms with E-state index in [0.29, 0.717) is 0 Å². The highest BCUT2D eigenvalue weighted by atomic mass is 15.4. The standard InChI is InChI=1S/C15H21N6/c1-12-18-20(3)15(19(12)2)17-16-13-6-8-14(9-7-13)21-10-4-5-11-21/h6-9H,4-5,10-11H2,1-3H3/q+1. The molecule has 6 heteroatoms. The van der Waals surface area contributed by atoms with Gasteiger partial charge in [-0.15, -0.1) is 4.68 Å². The van der Waals surface area contributed by atoms with Gasteiger partial charge in [0.25, 0.3) is 0 Å². The second-order valence-electron chi connectivity index (χ2n) is 5.44. The molecule has 21 heavy (non-hydrogen) atoms. The Hall–Kier alpha value is -2.24. The quantitative estimate of drug-likeness (QED) is 0.643. The molecule has 0 radical (unpaired) electrons. The molecule has 1 saturated heterocycles. The minimum absolute atomic E-state index is 0.733. The van der Waals surface area contributed by atoms with Crippen molar-refractivity contribution in [1.29, 1.82) is 0 Å². The van der Waals surface area contributed by atoms with Gasteiger partial charge < -0.3 is 4.90 Å². The zero-order chi connectivity index (χ0) is 14.8. The highest BCUT2D eigenvalue weighted by Crippen LogP contribution is 2.24. The van der Waals surface area contributed by atoms with Gasteiger partial charge in [-0.25, -0.2) is 4.57 Å². The molecule has 0 saturated carbocycles. The van der Waals surface area contributed by atoms with Crippen molar-refractivity contribution in [2.24, 2.45) is 24.3 Å². The summed E-state index contributed by atoms with van der Waals surface area (Å²) in [7, 11) is 3.81. The lowest BCUT2D eigenvalue weighted by atomic mass is 10.2. The van der Waals surface area contributed by atoms with E-state index in [1.807, 2.05) is 37.7 Å². The molecule has 1 aromatic carbocycles. The molecule has 0 N–H and O–H groups in total. The summed E-state index contributed by atoms with van der Waals surface area (Å²) in [5.41, 5.74) is 2.13. The van der Waals surface area contributed by atoms with Gasteiger partial charge in [-0.1, -0.05) is 5.11 Å². The van der Waals surface area contributed by atoms with Gasteiger partial charge in [-0.2, -0.15) is 0 Å². The van der Waals surface area contributed by atoms with Crippen molar-refractivity contribution in [3.8, 4) is 0 Å². The van der Waals surface area contributed by atoms with Crippen molar-refractivity contribution in [2.75, 3.05) is 18.0 Å². The van der Waals surface area contributed by atoms with Gasteiger partial charge >= 0.3 is 5.95 Å². The number of rotatable bonds is 3. The van der Waals surface area contributed by atoms with Crippen LogP contribution in [0.5, 0.6) is 0 Å². The van der Waals surface area contributed by atoms with Gasteiger partial charge in [0.2, 0.25) is 5.82 Å². The Bertz CT molecular complexity index is 650. The number of hydrogen-bond donors (Lipinski definition) is 0. The molecular formula is C15H21N6+. The Labute approximate surface area is 124 Å². The fourth-order valence-electron chi connectivity index (χ4n) is 2.63. The maximum atomic E-state index is 4.31. The minimum Gasteiger partial charge on any atom is -0.372 e. The molecule has 0 bridgehead atoms. The van der Waals surface area contributed by atoms with Gasteiger partial charge in [0.15, 0.2) is 0 Å². The first-order chi connectivity index (χ1) is 10.1. The summed E-state index contributed by atoms with van der Waals surface area (Å²) in [6.07, 6.45) is 2.58. The maximum absolute atomic E-state index is 4.31. The summed E-state index contributed by atoms with van der Waals surface area (Å²) < 4.78 is 3.65. The van der Waals surface area contributed by atoms with Crippen LogP contribution in [0.3, 0.4) is 0 Å². The number of azo groups is 1. The third-order valence-corrected chi connectivity index (χ3v) is 3.95. The second-order valence-corrected chi connectivity index (χ2v) is 5.44. The van der Waals surface area contributed by atoms with Crippen molar-refractivity contribution >= 4 is 17.3 Å². The summed E-state index contributed by atoms with van der Waals surface area (Å²) in [5.74, 6) is 1.65. The Kier molecular flexibility index (Phi) is 3.68. The molecule has 0 spiro atoms. The third-order valence-electron chi connectivity index (χ3n) is 3.95. The number of anilines is 1. The van der Waals surface area contributed by atoms with E-state index in [9.17, 15) is 0 Å². The summed E-state index contributed by atoms with van der Waals surface area (Å²) in [6.45, 7) is 4.26. The molecule has 2 aromatic rings. The Morgan fingerprint density at radius 3 is 2.33 bits per heavy atom. The van der Waals surface area contributed by atoms with Gasteiger partial charge in [-0.3, -0.25) is 0 Å². The molecule has 1 fully saturated rings. The van der Waals surface area contributed by atoms with Crippen LogP contribution < -0.4 is 9.47 Å². The van der Waals surface area contributed by atoms with Crippen LogP contribution in [0, 0.1) is 6.92 Å². The van der Waals surface area contributed by atoms with E-state index in [1.54, 1.807) is 4.68 Å². The summed E-state index contributed by atoms with van der Waals surface area (Å²) in [4.78, 5) is 2.41. The van der Waals surface area contributed by atoms with Crippen LogP contribution >= 0.6 is 0 Å². The van der Waals surface area contributed by atoms with Crippen molar-refractivity contribution in [2.45, 2.75) is 19.8 Å². The number of hydrogen-bond acceptors (Lipinski definition) is 4. The first-order valence-corrected chi connectivity index (χ1v) is 7.31. The van der Waals surface area contributed by atoms with E-state index in [4.69, 9.17) is 0 Å². The molecule has 110 valence electrons. The predicted octanol–water partition coefficient (Wildman–Crippen LogP) is 2.57. The van der Waals surface area contributed by atoms with E-state index in [-0.39, 0.29) is 0 Å². The zero-order valence-corrected chi connectivity index (χ0v) is 12.8. The van der Waals surface area contributed by atoms with E-state index in [2.05, 4.69) is 32.4 Å². The smallest absolute Gasteiger partial charge is 0.372 e. The highest BCUT2D eigenvalue weighted by Gasteiger charge is 2.16. The molecule has 3 rings (SSSR count). The summed E-state index contributed by atoms with van der Waals surface area (Å²) in [5, 5.41) is 12.9. The van der Waals surface area contributed by atoms with E-state index < -0.39 is 0 Å². The zero-order valence-electron chi connectivity index (χ0n) is 12.8. The molecule has 2 heterocycles. The minimum atomic E-state index is 0.733. The lowest BCUT2D eigenvalue weighted by Crippen LogP contribution is -2.29. The van der Waals surface area contributed by atoms with Crippen LogP contribution in [0.4, 0.5) is 17.3 Å². The average molecular weight is 285 g/mol. The fourth-order valence-corrected chi connectivity index (χ4v) is 2.63. The van der Waals surface area contributed by atoms with Crippen LogP contribution in [-0.4, -0.2) is 22.9 Å². The highest BCUT2D eigenvalue weighted by molar-refractivity contribution is 5.53.